The topological polar surface area (TPSA) is 33.5 Å². The summed E-state index contributed by atoms with van der Waals surface area (Å²) in [5, 5.41) is 3.67. The Hall–Kier alpha value is -1.79. The van der Waals surface area contributed by atoms with Gasteiger partial charge in [-0.25, -0.2) is 4.85 Å². The van der Waals surface area contributed by atoms with Crippen molar-refractivity contribution in [1.29, 1.82) is 0 Å². The molecule has 1 aliphatic rings. The molecule has 0 bridgehead atoms. The zero-order chi connectivity index (χ0) is 12.3. The van der Waals surface area contributed by atoms with E-state index in [1.165, 1.54) is 0 Å². The Morgan fingerprint density at radius 3 is 2.59 bits per heavy atom. The molecule has 0 atom stereocenters. The van der Waals surface area contributed by atoms with Gasteiger partial charge in [-0.2, -0.15) is 0 Å². The van der Waals surface area contributed by atoms with Gasteiger partial charge >= 0.3 is 0 Å². The van der Waals surface area contributed by atoms with Crippen LogP contribution in [0.1, 0.15) is 23.2 Å². The Morgan fingerprint density at radius 1 is 1.35 bits per heavy atom. The highest BCUT2D eigenvalue weighted by atomic mass is 35.5. The van der Waals surface area contributed by atoms with E-state index < -0.39 is 0 Å². The first kappa shape index (κ1) is 11.7. The van der Waals surface area contributed by atoms with E-state index in [1.54, 1.807) is 24.3 Å². The third-order valence-corrected chi connectivity index (χ3v) is 2.91. The summed E-state index contributed by atoms with van der Waals surface area (Å²) < 4.78 is 0. The minimum atomic E-state index is -0.235. The predicted octanol–water partition coefficient (Wildman–Crippen LogP) is 3.04. The van der Waals surface area contributed by atoms with Crippen LogP contribution in [0.15, 0.2) is 35.7 Å². The first-order valence-electron chi connectivity index (χ1n) is 5.37. The highest BCUT2D eigenvalue weighted by Gasteiger charge is 2.20. The number of ketones is 1. The zero-order valence-corrected chi connectivity index (χ0v) is 9.92. The summed E-state index contributed by atoms with van der Waals surface area (Å²) in [5.74, 6) is -0.235. The summed E-state index contributed by atoms with van der Waals surface area (Å²) in [7, 11) is 0. The normalized spacial score (nSPS) is 17.2. The van der Waals surface area contributed by atoms with E-state index in [0.29, 0.717) is 10.6 Å². The molecule has 1 saturated heterocycles. The molecule has 1 aliphatic heterocycles. The van der Waals surface area contributed by atoms with E-state index in [-0.39, 0.29) is 11.5 Å². The second-order valence-electron chi connectivity index (χ2n) is 3.81. The van der Waals surface area contributed by atoms with Crippen molar-refractivity contribution in [2.45, 2.75) is 12.8 Å². The van der Waals surface area contributed by atoms with Crippen LogP contribution in [0.5, 0.6) is 0 Å². The van der Waals surface area contributed by atoms with E-state index >= 15 is 0 Å². The van der Waals surface area contributed by atoms with Gasteiger partial charge in [0.2, 0.25) is 0 Å². The zero-order valence-electron chi connectivity index (χ0n) is 9.16. The van der Waals surface area contributed by atoms with Gasteiger partial charge in [-0.05, 0) is 25.0 Å². The second-order valence-corrected chi connectivity index (χ2v) is 4.24. The molecule has 0 saturated carbocycles. The van der Waals surface area contributed by atoms with Gasteiger partial charge < -0.3 is 10.1 Å². The number of Topliss-reactive ketones (excluding diaryl/α,β-unsaturated/α-hetero) is 1. The lowest BCUT2D eigenvalue weighted by molar-refractivity contribution is 0.103. The minimum Gasteiger partial charge on any atom is -0.397 e. The van der Waals surface area contributed by atoms with Crippen LogP contribution < -0.4 is 5.32 Å². The molecule has 1 aromatic carbocycles. The number of allylic oxidation sites excluding steroid dienone is 2. The highest BCUT2D eigenvalue weighted by Crippen LogP contribution is 2.20. The van der Waals surface area contributed by atoms with Gasteiger partial charge in [0.25, 0.3) is 5.70 Å². The second kappa shape index (κ2) is 5.03. The first-order valence-corrected chi connectivity index (χ1v) is 5.75. The molecular weight excluding hydrogens is 236 g/mol. The van der Waals surface area contributed by atoms with Gasteiger partial charge in [-0.15, -0.1) is 0 Å². The van der Waals surface area contributed by atoms with Crippen LogP contribution in [0.25, 0.3) is 4.85 Å². The first-order chi connectivity index (χ1) is 8.22. The standard InChI is InChI=1S/C13H11ClN2O/c1-15-12(11-3-2-8-16-11)13(17)9-4-6-10(14)7-5-9/h4-7,16H,2-3,8H2/b12-11+. The van der Waals surface area contributed by atoms with Crippen molar-refractivity contribution < 1.29 is 4.79 Å². The van der Waals surface area contributed by atoms with Crippen LogP contribution in [-0.2, 0) is 0 Å². The molecule has 3 nitrogen and oxygen atoms in total. The van der Waals surface area contributed by atoms with E-state index in [0.717, 1.165) is 25.1 Å². The number of hydrogen-bond donors (Lipinski definition) is 1. The molecular formula is C13H11ClN2O. The molecule has 0 aromatic heterocycles. The van der Waals surface area contributed by atoms with Crippen LogP contribution in [-0.4, -0.2) is 12.3 Å². The average Bonchev–Trinajstić information content (AvgIpc) is 2.84. The lowest BCUT2D eigenvalue weighted by Crippen LogP contribution is -2.11. The van der Waals surface area contributed by atoms with Crippen LogP contribution in [0.4, 0.5) is 0 Å². The van der Waals surface area contributed by atoms with Crippen molar-refractivity contribution in [2.24, 2.45) is 0 Å². The Morgan fingerprint density at radius 2 is 2.06 bits per heavy atom. The number of carbonyl (C=O) groups is 1. The van der Waals surface area contributed by atoms with Crippen molar-refractivity contribution in [1.82, 2.24) is 5.32 Å². The van der Waals surface area contributed by atoms with E-state index in [9.17, 15) is 4.79 Å². The van der Waals surface area contributed by atoms with Gasteiger partial charge in [0.05, 0.1) is 6.57 Å². The van der Waals surface area contributed by atoms with Gasteiger partial charge in [0.1, 0.15) is 0 Å². The largest absolute Gasteiger partial charge is 0.397 e. The third-order valence-electron chi connectivity index (χ3n) is 2.66. The number of halogens is 1. The fourth-order valence-electron chi connectivity index (χ4n) is 1.79. The van der Waals surface area contributed by atoms with Gasteiger partial charge in [0, 0.05) is 22.8 Å². The molecule has 0 aliphatic carbocycles. The van der Waals surface area contributed by atoms with E-state index in [1.807, 2.05) is 0 Å². The lowest BCUT2D eigenvalue weighted by atomic mass is 10.1. The number of carbonyl (C=O) groups excluding carboxylic acids is 1. The summed E-state index contributed by atoms with van der Waals surface area (Å²) in [5.41, 5.74) is 1.46. The molecule has 4 heteroatoms. The maximum absolute atomic E-state index is 12.1. The quantitative estimate of drug-likeness (QED) is 0.494. The smallest absolute Gasteiger partial charge is 0.252 e. The molecule has 0 unspecified atom stereocenters. The van der Waals surface area contributed by atoms with Gasteiger partial charge in [0.15, 0.2) is 5.78 Å². The van der Waals surface area contributed by atoms with Gasteiger partial charge in [-0.1, -0.05) is 23.7 Å². The maximum Gasteiger partial charge on any atom is 0.252 e. The molecule has 1 N–H and O–H groups in total. The van der Waals surface area contributed by atoms with Crippen molar-refractivity contribution in [2.75, 3.05) is 6.54 Å². The summed E-state index contributed by atoms with van der Waals surface area (Å²) in [6.07, 6.45) is 1.75. The molecule has 17 heavy (non-hydrogen) atoms. The molecule has 1 heterocycles. The number of rotatable bonds is 2. The number of nitrogens with zero attached hydrogens (tertiary/aromatic N) is 1. The monoisotopic (exact) mass is 246 g/mol. The van der Waals surface area contributed by atoms with E-state index in [4.69, 9.17) is 18.2 Å². The number of benzene rings is 1. The maximum atomic E-state index is 12.1. The molecule has 1 fully saturated rings. The molecule has 1 aromatic rings. The molecule has 86 valence electrons. The minimum absolute atomic E-state index is 0.199. The summed E-state index contributed by atoms with van der Waals surface area (Å²) in [6.45, 7) is 7.96. The lowest BCUT2D eigenvalue weighted by Gasteiger charge is -2.04. The molecule has 0 spiro atoms. The highest BCUT2D eigenvalue weighted by molar-refractivity contribution is 6.30. The van der Waals surface area contributed by atoms with Crippen molar-refractivity contribution >= 4 is 17.4 Å². The summed E-state index contributed by atoms with van der Waals surface area (Å²) in [6, 6.07) is 6.60. The van der Waals surface area contributed by atoms with Gasteiger partial charge in [-0.3, -0.25) is 0 Å². The molecule has 0 amide bonds. The summed E-state index contributed by atoms with van der Waals surface area (Å²) in [4.78, 5) is 15.5. The fraction of sp³-hybridized carbons (Fsp3) is 0.231. The Bertz CT molecular complexity index is 503. The van der Waals surface area contributed by atoms with E-state index in [2.05, 4.69) is 10.2 Å². The summed E-state index contributed by atoms with van der Waals surface area (Å²) >= 11 is 5.76. The Balaban J connectivity index is 2.33. The SMILES string of the molecule is [C-]#[N+]/C(C(=O)c1ccc(Cl)cc1)=C1\CCCN1. The predicted molar refractivity (Wildman–Crippen MR) is 66.6 cm³/mol. The van der Waals surface area contributed by atoms with Crippen LogP contribution in [0.2, 0.25) is 5.02 Å². The van der Waals surface area contributed by atoms with Crippen molar-refractivity contribution in [3.63, 3.8) is 0 Å². The molecule has 0 radical (unpaired) electrons. The number of nitrogens with one attached hydrogen (secondary N) is 1. The molecule has 2 rings (SSSR count). The van der Waals surface area contributed by atoms with Crippen molar-refractivity contribution in [3.05, 3.63) is 57.7 Å². The Kier molecular flexibility index (Phi) is 3.46. The third kappa shape index (κ3) is 2.48. The van der Waals surface area contributed by atoms with Crippen LogP contribution >= 0.6 is 11.6 Å². The van der Waals surface area contributed by atoms with Crippen LogP contribution in [0, 0.1) is 6.57 Å². The van der Waals surface area contributed by atoms with Crippen molar-refractivity contribution in [3.8, 4) is 0 Å². The number of hydrogen-bond acceptors (Lipinski definition) is 2. The van der Waals surface area contributed by atoms with Crippen LogP contribution in [0.3, 0.4) is 0 Å². The average molecular weight is 247 g/mol. The Labute approximate surface area is 105 Å². The fourth-order valence-corrected chi connectivity index (χ4v) is 1.91.